The van der Waals surface area contributed by atoms with E-state index >= 15 is 0 Å². The summed E-state index contributed by atoms with van der Waals surface area (Å²) in [7, 11) is 0. The second-order valence-corrected chi connectivity index (χ2v) is 10.1. The van der Waals surface area contributed by atoms with Crippen LogP contribution >= 0.6 is 11.8 Å². The van der Waals surface area contributed by atoms with Crippen LogP contribution in [0.25, 0.3) is 6.08 Å². The summed E-state index contributed by atoms with van der Waals surface area (Å²) in [5, 5.41) is 19.8. The molecule has 1 amide bonds. The third-order valence-corrected chi connectivity index (χ3v) is 5.48. The molecule has 1 aromatic rings. The molecule has 1 aliphatic heterocycles. The number of nitrogens with zero attached hydrogens (tertiary/aromatic N) is 1. The van der Waals surface area contributed by atoms with Crippen molar-refractivity contribution in [1.82, 2.24) is 4.90 Å². The fourth-order valence-electron chi connectivity index (χ4n) is 3.04. The number of phenols is 1. The molecule has 148 valence electrons. The van der Waals surface area contributed by atoms with Crippen molar-refractivity contribution >= 4 is 29.7 Å². The van der Waals surface area contributed by atoms with Crippen LogP contribution in [0.1, 0.15) is 58.2 Å². The van der Waals surface area contributed by atoms with E-state index in [2.05, 4.69) is 0 Å². The molecule has 1 aromatic carbocycles. The van der Waals surface area contributed by atoms with Crippen molar-refractivity contribution in [2.45, 2.75) is 52.4 Å². The zero-order valence-electron chi connectivity index (χ0n) is 16.9. The molecule has 27 heavy (non-hydrogen) atoms. The van der Waals surface area contributed by atoms with E-state index < -0.39 is 5.97 Å². The Morgan fingerprint density at radius 2 is 1.67 bits per heavy atom. The van der Waals surface area contributed by atoms with Crippen LogP contribution in [-0.4, -0.2) is 45.8 Å². The Hall–Kier alpha value is -1.95. The Kier molecular flexibility index (Phi) is 6.00. The number of carbonyl (C=O) groups is 2. The summed E-state index contributed by atoms with van der Waals surface area (Å²) >= 11 is 1.44. The topological polar surface area (TPSA) is 77.8 Å². The summed E-state index contributed by atoms with van der Waals surface area (Å²) in [6.07, 6.45) is 1.81. The number of phenolic OH excluding ortho intramolecular Hbond substituents is 1. The lowest BCUT2D eigenvalue weighted by atomic mass is 9.78. The molecule has 0 aliphatic carbocycles. The minimum absolute atomic E-state index is 0.252. The number of amides is 1. The molecule has 0 atom stereocenters. The highest BCUT2D eigenvalue weighted by Crippen LogP contribution is 2.40. The van der Waals surface area contributed by atoms with E-state index in [1.807, 2.05) is 59.8 Å². The van der Waals surface area contributed by atoms with Gasteiger partial charge in [0.25, 0.3) is 5.91 Å². The van der Waals surface area contributed by atoms with Gasteiger partial charge in [0.2, 0.25) is 0 Å². The van der Waals surface area contributed by atoms with Crippen LogP contribution in [0.4, 0.5) is 0 Å². The first-order valence-corrected chi connectivity index (χ1v) is 10.0. The average molecular weight is 392 g/mol. The van der Waals surface area contributed by atoms with Gasteiger partial charge in [0, 0.05) is 23.4 Å². The van der Waals surface area contributed by atoms with Gasteiger partial charge in [-0.1, -0.05) is 41.5 Å². The van der Waals surface area contributed by atoms with Gasteiger partial charge in [-0.25, -0.2) is 0 Å². The lowest BCUT2D eigenvalue weighted by molar-refractivity contribution is -0.142. The number of carbonyl (C=O) groups excluding carboxylic acids is 1. The van der Waals surface area contributed by atoms with Gasteiger partial charge in [0.05, 0.1) is 4.91 Å². The predicted molar refractivity (Wildman–Crippen MR) is 110 cm³/mol. The number of carboxylic acids is 1. The molecule has 0 spiro atoms. The molecule has 0 saturated carbocycles. The molecule has 1 saturated heterocycles. The molecule has 0 bridgehead atoms. The Morgan fingerprint density at radius 3 is 2.11 bits per heavy atom. The molecule has 5 nitrogen and oxygen atoms in total. The van der Waals surface area contributed by atoms with Crippen molar-refractivity contribution in [3.63, 3.8) is 0 Å². The third kappa shape index (κ3) is 5.06. The summed E-state index contributed by atoms with van der Waals surface area (Å²) in [5.74, 6) is -0.297. The monoisotopic (exact) mass is 391 g/mol. The lowest BCUT2D eigenvalue weighted by Crippen LogP contribution is -2.40. The number of benzene rings is 1. The molecule has 6 heteroatoms. The Bertz CT molecular complexity index is 749. The number of rotatable bonds is 3. The van der Waals surface area contributed by atoms with Crippen molar-refractivity contribution in [1.29, 1.82) is 0 Å². The summed E-state index contributed by atoms with van der Waals surface area (Å²) in [6, 6.07) is 3.84. The smallest absolute Gasteiger partial charge is 0.323 e. The SMILES string of the molecule is CC(C)(C)c1cc(/C=C2/SCCN(CC(=O)O)C2=O)cc(C(C)(C)C)c1O. The van der Waals surface area contributed by atoms with Crippen molar-refractivity contribution in [3.8, 4) is 5.75 Å². The first-order valence-electron chi connectivity index (χ1n) is 9.04. The van der Waals surface area contributed by atoms with E-state index in [4.69, 9.17) is 5.11 Å². The molecule has 1 heterocycles. The van der Waals surface area contributed by atoms with Crippen LogP contribution in [0.3, 0.4) is 0 Å². The third-order valence-electron chi connectivity index (χ3n) is 4.49. The highest BCUT2D eigenvalue weighted by atomic mass is 32.2. The van der Waals surface area contributed by atoms with Gasteiger partial charge in [-0.05, 0) is 34.6 Å². The molecule has 2 N–H and O–H groups in total. The number of thioether (sulfide) groups is 1. The van der Waals surface area contributed by atoms with Gasteiger partial charge >= 0.3 is 5.97 Å². The number of aromatic hydroxyl groups is 1. The second kappa shape index (κ2) is 7.58. The van der Waals surface area contributed by atoms with Crippen molar-refractivity contribution in [2.24, 2.45) is 0 Å². The van der Waals surface area contributed by atoms with Crippen LogP contribution in [0, 0.1) is 0 Å². The Labute approximate surface area is 165 Å². The largest absolute Gasteiger partial charge is 0.507 e. The van der Waals surface area contributed by atoms with Gasteiger partial charge in [0.1, 0.15) is 12.3 Å². The van der Waals surface area contributed by atoms with Gasteiger partial charge in [-0.3, -0.25) is 9.59 Å². The maximum absolute atomic E-state index is 12.6. The number of hydrogen-bond acceptors (Lipinski definition) is 4. The zero-order valence-corrected chi connectivity index (χ0v) is 17.7. The standard InChI is InChI=1S/C21H29NO4S/c1-20(2,3)14-9-13(10-15(18(14)25)21(4,5)6)11-16-19(26)22(7-8-27-16)12-17(23)24/h9-11,25H,7-8,12H2,1-6H3,(H,23,24)/b16-11+. The van der Waals surface area contributed by atoms with Crippen LogP contribution in [-0.2, 0) is 20.4 Å². The van der Waals surface area contributed by atoms with E-state index in [1.165, 1.54) is 16.7 Å². The summed E-state index contributed by atoms with van der Waals surface area (Å²) in [6.45, 7) is 12.4. The molecule has 0 radical (unpaired) electrons. The normalized spacial score (nSPS) is 17.5. The van der Waals surface area contributed by atoms with E-state index in [-0.39, 0.29) is 23.3 Å². The van der Waals surface area contributed by atoms with Gasteiger partial charge in [-0.2, -0.15) is 0 Å². The molecule has 0 aromatic heterocycles. The zero-order chi connectivity index (χ0) is 20.6. The average Bonchev–Trinajstić information content (AvgIpc) is 2.50. The Balaban J connectivity index is 2.53. The van der Waals surface area contributed by atoms with E-state index in [0.717, 1.165) is 16.7 Å². The molecular weight excluding hydrogens is 362 g/mol. The summed E-state index contributed by atoms with van der Waals surface area (Å²) in [4.78, 5) is 25.5. The molecular formula is C21H29NO4S. The summed E-state index contributed by atoms with van der Waals surface area (Å²) in [5.41, 5.74) is 2.00. The summed E-state index contributed by atoms with van der Waals surface area (Å²) < 4.78 is 0. The Morgan fingerprint density at radius 1 is 1.15 bits per heavy atom. The maximum Gasteiger partial charge on any atom is 0.323 e. The van der Waals surface area contributed by atoms with Crippen molar-refractivity contribution < 1.29 is 19.8 Å². The van der Waals surface area contributed by atoms with E-state index in [9.17, 15) is 14.7 Å². The van der Waals surface area contributed by atoms with Gasteiger partial charge in [0.15, 0.2) is 0 Å². The van der Waals surface area contributed by atoms with Crippen LogP contribution < -0.4 is 0 Å². The quantitative estimate of drug-likeness (QED) is 0.762. The van der Waals surface area contributed by atoms with Crippen LogP contribution in [0.2, 0.25) is 0 Å². The highest BCUT2D eigenvalue weighted by molar-refractivity contribution is 8.04. The molecule has 1 fully saturated rings. The van der Waals surface area contributed by atoms with Crippen LogP contribution in [0.15, 0.2) is 17.0 Å². The molecule has 1 aliphatic rings. The second-order valence-electron chi connectivity index (χ2n) is 8.94. The number of aliphatic carboxylic acids is 1. The van der Waals surface area contributed by atoms with E-state index in [0.29, 0.717) is 23.0 Å². The van der Waals surface area contributed by atoms with Gasteiger partial charge < -0.3 is 15.1 Å². The van der Waals surface area contributed by atoms with Crippen LogP contribution in [0.5, 0.6) is 5.75 Å². The molecule has 2 rings (SSSR count). The minimum Gasteiger partial charge on any atom is -0.507 e. The van der Waals surface area contributed by atoms with E-state index in [1.54, 1.807) is 0 Å². The van der Waals surface area contributed by atoms with Gasteiger partial charge in [-0.15, -0.1) is 11.8 Å². The van der Waals surface area contributed by atoms with Crippen molar-refractivity contribution in [2.75, 3.05) is 18.8 Å². The number of hydrogen-bond donors (Lipinski definition) is 2. The number of carboxylic acid groups (broad SMARTS) is 1. The lowest BCUT2D eigenvalue weighted by Gasteiger charge is -2.29. The molecule has 0 unspecified atom stereocenters. The fraction of sp³-hybridized carbons (Fsp3) is 0.524. The minimum atomic E-state index is -1.01. The maximum atomic E-state index is 12.6. The first-order chi connectivity index (χ1) is 12.3. The predicted octanol–water partition coefficient (Wildman–Crippen LogP) is 3.99. The van der Waals surface area contributed by atoms with Crippen molar-refractivity contribution in [3.05, 3.63) is 33.7 Å². The highest BCUT2D eigenvalue weighted by Gasteiger charge is 2.28. The fourth-order valence-corrected chi connectivity index (χ4v) is 4.04. The first kappa shape index (κ1) is 21.4.